The first-order valence-corrected chi connectivity index (χ1v) is 10.9. The fourth-order valence-corrected chi connectivity index (χ4v) is 3.27. The van der Waals surface area contributed by atoms with Gasteiger partial charge in [-0.1, -0.05) is 12.5 Å². The van der Waals surface area contributed by atoms with Gasteiger partial charge in [0.05, 0.1) is 6.54 Å². The van der Waals surface area contributed by atoms with Crippen molar-refractivity contribution in [3.8, 4) is 5.75 Å². The van der Waals surface area contributed by atoms with Crippen LogP contribution in [-0.2, 0) is 9.59 Å². The van der Waals surface area contributed by atoms with Crippen molar-refractivity contribution in [3.63, 3.8) is 0 Å². The Balaban J connectivity index is 1.70. The Morgan fingerprint density at radius 2 is 2.10 bits per heavy atom. The molecule has 0 bridgehead atoms. The Kier molecular flexibility index (Phi) is 10.5. The number of anilines is 1. The quantitative estimate of drug-likeness (QED) is 0.309. The molecular weight excluding hydrogens is 382 g/mol. The second-order valence-corrected chi connectivity index (χ2v) is 7.29. The van der Waals surface area contributed by atoms with Crippen molar-refractivity contribution >= 4 is 23.5 Å². The van der Waals surface area contributed by atoms with Crippen molar-refractivity contribution in [2.45, 2.75) is 46.0 Å². The number of ether oxygens (including phenoxy) is 1. The summed E-state index contributed by atoms with van der Waals surface area (Å²) in [6.07, 6.45) is 4.80. The van der Waals surface area contributed by atoms with E-state index in [4.69, 9.17) is 4.74 Å². The van der Waals surface area contributed by atoms with E-state index < -0.39 is 0 Å². The molecule has 0 radical (unpaired) electrons. The average Bonchev–Trinajstić information content (AvgIpc) is 2.92. The van der Waals surface area contributed by atoms with Crippen LogP contribution in [0.25, 0.3) is 0 Å². The van der Waals surface area contributed by atoms with Crippen molar-refractivity contribution in [2.24, 2.45) is 4.99 Å². The summed E-state index contributed by atoms with van der Waals surface area (Å²) in [5.41, 5.74) is 0.714. The van der Waals surface area contributed by atoms with Gasteiger partial charge < -0.3 is 25.6 Å². The van der Waals surface area contributed by atoms with E-state index in [0.717, 1.165) is 51.3 Å². The zero-order chi connectivity index (χ0) is 21.6. The highest BCUT2D eigenvalue weighted by atomic mass is 16.5. The molecule has 166 valence electrons. The fourth-order valence-electron chi connectivity index (χ4n) is 3.27. The number of guanidine groups is 1. The fraction of sp³-hybridized carbons (Fsp3) is 0.591. The van der Waals surface area contributed by atoms with Crippen LogP contribution in [0.2, 0.25) is 0 Å². The van der Waals surface area contributed by atoms with Crippen LogP contribution in [0, 0.1) is 0 Å². The van der Waals surface area contributed by atoms with E-state index in [1.165, 1.54) is 6.92 Å². The maximum Gasteiger partial charge on any atom is 0.222 e. The molecular formula is C22H35N5O3. The van der Waals surface area contributed by atoms with E-state index >= 15 is 0 Å². The third-order valence-electron chi connectivity index (χ3n) is 4.69. The molecule has 2 rings (SSSR count). The standard InChI is InChI=1S/C22H35N5O3/c1-3-23-22(24-12-8-15-27-14-6-4-5-11-21(27)29)25-13-16-30-20-10-7-9-19(17-20)26-18(2)28/h7,9-10,17H,3-6,8,11-16H2,1-2H3,(H,26,28)(H2,23,24,25). The highest BCUT2D eigenvalue weighted by molar-refractivity contribution is 5.88. The van der Waals surface area contributed by atoms with E-state index in [0.29, 0.717) is 37.6 Å². The maximum atomic E-state index is 12.0. The third-order valence-corrected chi connectivity index (χ3v) is 4.69. The average molecular weight is 418 g/mol. The number of benzene rings is 1. The number of nitrogens with zero attached hydrogens (tertiary/aromatic N) is 2. The van der Waals surface area contributed by atoms with E-state index in [2.05, 4.69) is 20.9 Å². The molecule has 3 N–H and O–H groups in total. The highest BCUT2D eigenvalue weighted by Crippen LogP contribution is 2.17. The number of nitrogens with one attached hydrogen (secondary N) is 3. The van der Waals surface area contributed by atoms with Gasteiger partial charge in [0.15, 0.2) is 5.96 Å². The molecule has 8 nitrogen and oxygen atoms in total. The van der Waals surface area contributed by atoms with Crippen LogP contribution in [0.3, 0.4) is 0 Å². The summed E-state index contributed by atoms with van der Waals surface area (Å²) in [7, 11) is 0. The van der Waals surface area contributed by atoms with Crippen molar-refractivity contribution in [3.05, 3.63) is 24.3 Å². The molecule has 0 saturated carbocycles. The van der Waals surface area contributed by atoms with Gasteiger partial charge in [0.25, 0.3) is 0 Å². The van der Waals surface area contributed by atoms with E-state index in [1.54, 1.807) is 6.07 Å². The molecule has 0 atom stereocenters. The number of aliphatic imine (C=N–C) groups is 1. The molecule has 0 unspecified atom stereocenters. The molecule has 30 heavy (non-hydrogen) atoms. The minimum Gasteiger partial charge on any atom is -0.492 e. The molecule has 1 saturated heterocycles. The van der Waals surface area contributed by atoms with Gasteiger partial charge in [-0.3, -0.25) is 14.6 Å². The second-order valence-electron chi connectivity index (χ2n) is 7.29. The summed E-state index contributed by atoms with van der Waals surface area (Å²) in [6.45, 7) is 7.66. The summed E-state index contributed by atoms with van der Waals surface area (Å²) in [4.78, 5) is 29.8. The first kappa shape index (κ1) is 23.5. The molecule has 1 aromatic carbocycles. The number of carbonyl (C=O) groups excluding carboxylic acids is 2. The molecule has 1 heterocycles. The minimum absolute atomic E-state index is 0.111. The van der Waals surface area contributed by atoms with Gasteiger partial charge in [-0.05, 0) is 38.3 Å². The van der Waals surface area contributed by atoms with Crippen LogP contribution in [0.5, 0.6) is 5.75 Å². The Morgan fingerprint density at radius 3 is 2.90 bits per heavy atom. The predicted octanol–water partition coefficient (Wildman–Crippen LogP) is 2.37. The monoisotopic (exact) mass is 417 g/mol. The van der Waals surface area contributed by atoms with Gasteiger partial charge >= 0.3 is 0 Å². The maximum absolute atomic E-state index is 12.0. The van der Waals surface area contributed by atoms with Gasteiger partial charge in [-0.2, -0.15) is 0 Å². The molecule has 1 aliphatic heterocycles. The van der Waals surface area contributed by atoms with Crippen LogP contribution >= 0.6 is 0 Å². The summed E-state index contributed by atoms with van der Waals surface area (Å²) < 4.78 is 5.74. The van der Waals surface area contributed by atoms with Crippen molar-refractivity contribution in [1.82, 2.24) is 15.5 Å². The van der Waals surface area contributed by atoms with E-state index in [1.807, 2.05) is 30.0 Å². The predicted molar refractivity (Wildman–Crippen MR) is 120 cm³/mol. The van der Waals surface area contributed by atoms with Crippen LogP contribution in [-0.4, -0.2) is 62.0 Å². The molecule has 1 aromatic rings. The molecule has 2 amide bonds. The molecule has 1 aliphatic rings. The van der Waals surface area contributed by atoms with E-state index in [-0.39, 0.29) is 11.8 Å². The number of likely N-dealkylation sites (tertiary alicyclic amines) is 1. The van der Waals surface area contributed by atoms with E-state index in [9.17, 15) is 9.59 Å². The Labute approximate surface area is 179 Å². The third kappa shape index (κ3) is 9.15. The largest absolute Gasteiger partial charge is 0.492 e. The number of amides is 2. The van der Waals surface area contributed by atoms with Gasteiger partial charge in [0, 0.05) is 51.3 Å². The van der Waals surface area contributed by atoms with Gasteiger partial charge in [-0.15, -0.1) is 0 Å². The smallest absolute Gasteiger partial charge is 0.222 e. The Hall–Kier alpha value is -2.77. The van der Waals surface area contributed by atoms with Crippen molar-refractivity contribution in [1.29, 1.82) is 0 Å². The first-order chi connectivity index (χ1) is 14.6. The number of hydrogen-bond donors (Lipinski definition) is 3. The first-order valence-electron chi connectivity index (χ1n) is 10.9. The molecule has 1 fully saturated rings. The molecule has 0 aliphatic carbocycles. The minimum atomic E-state index is -0.111. The van der Waals surface area contributed by atoms with Crippen LogP contribution in [0.15, 0.2) is 29.3 Å². The zero-order valence-electron chi connectivity index (χ0n) is 18.2. The van der Waals surface area contributed by atoms with Crippen molar-refractivity contribution in [2.75, 3.05) is 44.6 Å². The van der Waals surface area contributed by atoms with Gasteiger partial charge in [0.1, 0.15) is 12.4 Å². The summed E-state index contributed by atoms with van der Waals surface area (Å²) in [6, 6.07) is 7.32. The topological polar surface area (TPSA) is 95.1 Å². The number of hydrogen-bond acceptors (Lipinski definition) is 4. The summed E-state index contributed by atoms with van der Waals surface area (Å²) in [5.74, 6) is 1.61. The molecule has 0 aromatic heterocycles. The van der Waals surface area contributed by atoms with Crippen LogP contribution in [0.4, 0.5) is 5.69 Å². The van der Waals surface area contributed by atoms with Crippen LogP contribution < -0.4 is 20.7 Å². The van der Waals surface area contributed by atoms with Gasteiger partial charge in [-0.25, -0.2) is 0 Å². The van der Waals surface area contributed by atoms with Crippen molar-refractivity contribution < 1.29 is 14.3 Å². The lowest BCUT2D eigenvalue weighted by atomic mass is 10.2. The Bertz CT molecular complexity index is 708. The highest BCUT2D eigenvalue weighted by Gasteiger charge is 2.15. The number of carbonyl (C=O) groups is 2. The Morgan fingerprint density at radius 1 is 1.23 bits per heavy atom. The molecule has 0 spiro atoms. The second kappa shape index (κ2) is 13.5. The molecule has 8 heteroatoms. The lowest BCUT2D eigenvalue weighted by Crippen LogP contribution is -2.39. The number of rotatable bonds is 10. The van der Waals surface area contributed by atoms with Gasteiger partial charge in [0.2, 0.25) is 11.8 Å². The summed E-state index contributed by atoms with van der Waals surface area (Å²) in [5, 5.41) is 9.22. The summed E-state index contributed by atoms with van der Waals surface area (Å²) >= 11 is 0. The lowest BCUT2D eigenvalue weighted by molar-refractivity contribution is -0.130. The zero-order valence-corrected chi connectivity index (χ0v) is 18.2. The van der Waals surface area contributed by atoms with Crippen LogP contribution in [0.1, 0.15) is 46.0 Å². The SMILES string of the molecule is CCNC(=NCCCN1CCCCCC1=O)NCCOc1cccc(NC(C)=O)c1. The normalized spacial score (nSPS) is 14.8. The lowest BCUT2D eigenvalue weighted by Gasteiger charge is -2.20.